The number of carbonyl (C=O) groups excluding carboxylic acids is 2. The van der Waals surface area contributed by atoms with Crippen LogP contribution in [0.1, 0.15) is 15.9 Å². The molecule has 0 spiro atoms. The van der Waals surface area contributed by atoms with Gasteiger partial charge in [0.2, 0.25) is 11.0 Å². The molecule has 7 nitrogen and oxygen atoms in total. The van der Waals surface area contributed by atoms with Crippen LogP contribution in [0.4, 0.5) is 5.13 Å². The first-order valence-corrected chi connectivity index (χ1v) is 8.22. The molecule has 2 amide bonds. The monoisotopic (exact) mass is 352 g/mol. The van der Waals surface area contributed by atoms with Gasteiger partial charge in [-0.05, 0) is 18.2 Å². The Balaban J connectivity index is 1.45. The fourth-order valence-electron chi connectivity index (χ4n) is 2.58. The van der Waals surface area contributed by atoms with E-state index in [1.807, 2.05) is 12.1 Å². The second-order valence-electron chi connectivity index (χ2n) is 5.32. The van der Waals surface area contributed by atoms with Crippen LogP contribution in [0, 0.1) is 0 Å². The number of anilines is 1. The van der Waals surface area contributed by atoms with E-state index in [9.17, 15) is 9.59 Å². The summed E-state index contributed by atoms with van der Waals surface area (Å²) in [4.78, 5) is 26.0. The first kappa shape index (κ1) is 15.3. The summed E-state index contributed by atoms with van der Waals surface area (Å²) in [6.07, 6.45) is 1.54. The largest absolute Gasteiger partial charge is 0.462 e. The Labute approximate surface area is 146 Å². The van der Waals surface area contributed by atoms with Gasteiger partial charge < -0.3 is 4.42 Å². The normalized spacial score (nSPS) is 13.2. The molecule has 1 aliphatic heterocycles. The Kier molecular flexibility index (Phi) is 3.66. The number of fused-ring (bicyclic) bond motifs is 1. The highest BCUT2D eigenvalue weighted by atomic mass is 32.1. The molecule has 2 aromatic heterocycles. The maximum atomic E-state index is 12.4. The summed E-state index contributed by atoms with van der Waals surface area (Å²) >= 11 is 1.19. The first-order chi connectivity index (χ1) is 12.1. The van der Waals surface area contributed by atoms with Crippen LogP contribution >= 0.6 is 11.3 Å². The molecule has 1 aliphatic rings. The van der Waals surface area contributed by atoms with E-state index < -0.39 is 0 Å². The molecular weight excluding hydrogens is 340 g/mol. The number of nitrogens with one attached hydrogen (secondary N) is 1. The molecule has 8 heteroatoms. The van der Waals surface area contributed by atoms with Gasteiger partial charge in [-0.3, -0.25) is 19.8 Å². The summed E-state index contributed by atoms with van der Waals surface area (Å²) in [6.45, 7) is 3.78. The van der Waals surface area contributed by atoms with E-state index >= 15 is 0 Å². The van der Waals surface area contributed by atoms with Crippen molar-refractivity contribution < 1.29 is 14.0 Å². The van der Waals surface area contributed by atoms with Crippen molar-refractivity contribution in [3.63, 3.8) is 0 Å². The van der Waals surface area contributed by atoms with E-state index in [-0.39, 0.29) is 18.4 Å². The van der Waals surface area contributed by atoms with Crippen LogP contribution in [0.3, 0.4) is 0 Å². The lowest BCUT2D eigenvalue weighted by Crippen LogP contribution is -2.32. The third-order valence-electron chi connectivity index (χ3n) is 3.74. The van der Waals surface area contributed by atoms with Gasteiger partial charge >= 0.3 is 0 Å². The summed E-state index contributed by atoms with van der Waals surface area (Å²) < 4.78 is 5.24. The maximum Gasteiger partial charge on any atom is 0.259 e. The summed E-state index contributed by atoms with van der Waals surface area (Å²) in [6, 6.07) is 10.7. The van der Waals surface area contributed by atoms with Gasteiger partial charge in [0.15, 0.2) is 10.8 Å². The lowest BCUT2D eigenvalue weighted by molar-refractivity contribution is -0.116. The predicted octanol–water partition coefficient (Wildman–Crippen LogP) is 2.86. The van der Waals surface area contributed by atoms with Gasteiger partial charge in [-0.2, -0.15) is 0 Å². The van der Waals surface area contributed by atoms with Gasteiger partial charge in [-0.1, -0.05) is 36.1 Å². The van der Waals surface area contributed by atoms with E-state index in [4.69, 9.17) is 4.42 Å². The van der Waals surface area contributed by atoms with E-state index in [1.165, 1.54) is 22.5 Å². The standard InChI is InChI=1S/C17H12N4O3S/c1-10-11-5-2-3-6-12(11)16(23)21(10)9-14(22)18-17-20-19-15(25-17)13-7-4-8-24-13/h2-8H,1,9H2,(H,18,20,22). The van der Waals surface area contributed by atoms with Crippen molar-refractivity contribution in [2.75, 3.05) is 11.9 Å². The van der Waals surface area contributed by atoms with Crippen LogP contribution in [0.25, 0.3) is 16.5 Å². The molecule has 1 aromatic carbocycles. The Morgan fingerprint density at radius 2 is 2.00 bits per heavy atom. The molecule has 1 N–H and O–H groups in total. The number of rotatable bonds is 4. The second-order valence-corrected chi connectivity index (χ2v) is 6.30. The molecule has 3 aromatic rings. The number of benzene rings is 1. The zero-order chi connectivity index (χ0) is 17.4. The minimum absolute atomic E-state index is 0.137. The van der Waals surface area contributed by atoms with Crippen molar-refractivity contribution in [1.29, 1.82) is 0 Å². The number of amides is 2. The van der Waals surface area contributed by atoms with Gasteiger partial charge in [0.05, 0.1) is 6.26 Å². The third kappa shape index (κ3) is 2.72. The van der Waals surface area contributed by atoms with E-state index in [2.05, 4.69) is 22.1 Å². The lowest BCUT2D eigenvalue weighted by Gasteiger charge is -2.16. The van der Waals surface area contributed by atoms with Gasteiger partial charge in [-0.15, -0.1) is 10.2 Å². The third-order valence-corrected chi connectivity index (χ3v) is 4.60. The first-order valence-electron chi connectivity index (χ1n) is 7.41. The Morgan fingerprint density at radius 3 is 2.72 bits per heavy atom. The van der Waals surface area contributed by atoms with Crippen molar-refractivity contribution in [2.24, 2.45) is 0 Å². The van der Waals surface area contributed by atoms with Crippen molar-refractivity contribution in [3.05, 3.63) is 60.4 Å². The fourth-order valence-corrected chi connectivity index (χ4v) is 3.31. The minimum atomic E-state index is -0.371. The zero-order valence-corrected chi connectivity index (χ0v) is 13.7. The van der Waals surface area contributed by atoms with Crippen molar-refractivity contribution in [3.8, 4) is 10.8 Å². The average Bonchev–Trinajstić information content (AvgIpc) is 3.33. The highest BCUT2D eigenvalue weighted by Crippen LogP contribution is 2.31. The van der Waals surface area contributed by atoms with Crippen LogP contribution < -0.4 is 5.32 Å². The molecule has 124 valence electrons. The number of hydrogen-bond donors (Lipinski definition) is 1. The van der Waals surface area contributed by atoms with E-state index in [0.29, 0.717) is 27.2 Å². The molecular formula is C17H12N4O3S. The van der Waals surface area contributed by atoms with Crippen LogP contribution in [0.2, 0.25) is 0 Å². The number of furan rings is 1. The molecule has 0 aliphatic carbocycles. The molecule has 25 heavy (non-hydrogen) atoms. The summed E-state index contributed by atoms with van der Waals surface area (Å²) in [7, 11) is 0. The molecule has 0 radical (unpaired) electrons. The highest BCUT2D eigenvalue weighted by molar-refractivity contribution is 7.18. The van der Waals surface area contributed by atoms with Gasteiger partial charge in [0, 0.05) is 16.8 Å². The molecule has 4 rings (SSSR count). The van der Waals surface area contributed by atoms with Gasteiger partial charge in [-0.25, -0.2) is 0 Å². The smallest absolute Gasteiger partial charge is 0.259 e. The van der Waals surface area contributed by atoms with Crippen molar-refractivity contribution in [1.82, 2.24) is 15.1 Å². The molecule has 0 unspecified atom stereocenters. The maximum absolute atomic E-state index is 12.4. The number of nitrogens with zero attached hydrogens (tertiary/aromatic N) is 3. The molecule has 0 atom stereocenters. The SMILES string of the molecule is C=C1c2ccccc2C(=O)N1CC(=O)Nc1nnc(-c2ccco2)s1. The van der Waals surface area contributed by atoms with E-state index in [0.717, 1.165) is 5.56 Å². The van der Waals surface area contributed by atoms with Crippen LogP contribution in [0.15, 0.2) is 53.7 Å². The fraction of sp³-hybridized carbons (Fsp3) is 0.0588. The van der Waals surface area contributed by atoms with E-state index in [1.54, 1.807) is 24.3 Å². The van der Waals surface area contributed by atoms with Crippen LogP contribution in [-0.2, 0) is 4.79 Å². The molecule has 0 fully saturated rings. The minimum Gasteiger partial charge on any atom is -0.462 e. The topological polar surface area (TPSA) is 88.3 Å². The molecule has 3 heterocycles. The highest BCUT2D eigenvalue weighted by Gasteiger charge is 2.32. The molecule has 0 saturated carbocycles. The van der Waals surface area contributed by atoms with Crippen molar-refractivity contribution >= 4 is 34.0 Å². The predicted molar refractivity (Wildman–Crippen MR) is 92.8 cm³/mol. The number of carbonyl (C=O) groups is 2. The summed E-state index contributed by atoms with van der Waals surface area (Å²) in [5.74, 6) is -0.0229. The number of aromatic nitrogens is 2. The quantitative estimate of drug-likeness (QED) is 0.780. The average molecular weight is 352 g/mol. The Hall–Kier alpha value is -3.26. The van der Waals surface area contributed by atoms with Gasteiger partial charge in [0.1, 0.15) is 6.54 Å². The van der Waals surface area contributed by atoms with Crippen LogP contribution in [0.5, 0.6) is 0 Å². The zero-order valence-electron chi connectivity index (χ0n) is 12.9. The number of hydrogen-bond acceptors (Lipinski definition) is 6. The second kappa shape index (κ2) is 5.99. The Morgan fingerprint density at radius 1 is 1.20 bits per heavy atom. The summed E-state index contributed by atoms with van der Waals surface area (Å²) in [5, 5.41) is 11.4. The Bertz CT molecular complexity index is 942. The van der Waals surface area contributed by atoms with Crippen LogP contribution in [-0.4, -0.2) is 33.5 Å². The molecule has 0 saturated heterocycles. The summed E-state index contributed by atoms with van der Waals surface area (Å²) in [5.41, 5.74) is 1.82. The molecule has 0 bridgehead atoms. The lowest BCUT2D eigenvalue weighted by atomic mass is 10.1. The van der Waals surface area contributed by atoms with Crippen molar-refractivity contribution in [2.45, 2.75) is 0 Å². The van der Waals surface area contributed by atoms with Gasteiger partial charge in [0.25, 0.3) is 5.91 Å².